The molecule has 4 rings (SSSR count). The summed E-state index contributed by atoms with van der Waals surface area (Å²) >= 11 is 0. The van der Waals surface area contributed by atoms with Crippen LogP contribution in [-0.4, -0.2) is 70.7 Å². The monoisotopic (exact) mass is 410 g/mol. The first-order chi connectivity index (χ1) is 14.5. The van der Waals surface area contributed by atoms with Crippen LogP contribution in [0, 0.1) is 0 Å². The summed E-state index contributed by atoms with van der Waals surface area (Å²) in [5.41, 5.74) is 7.15. The maximum Gasteiger partial charge on any atom is 0.263 e. The van der Waals surface area contributed by atoms with Crippen molar-refractivity contribution in [1.82, 2.24) is 24.5 Å². The molecular formula is C20H26N8O2. The van der Waals surface area contributed by atoms with Gasteiger partial charge in [-0.15, -0.1) is 5.10 Å². The summed E-state index contributed by atoms with van der Waals surface area (Å²) < 4.78 is 6.80. The van der Waals surface area contributed by atoms with E-state index in [1.807, 2.05) is 6.07 Å². The Hall–Kier alpha value is -3.40. The predicted molar refractivity (Wildman–Crippen MR) is 115 cm³/mol. The smallest absolute Gasteiger partial charge is 0.263 e. The van der Waals surface area contributed by atoms with Crippen molar-refractivity contribution in [1.29, 1.82) is 0 Å². The van der Waals surface area contributed by atoms with Gasteiger partial charge in [0.1, 0.15) is 22.8 Å². The maximum absolute atomic E-state index is 13.0. The van der Waals surface area contributed by atoms with Crippen molar-refractivity contribution in [2.75, 3.05) is 50.2 Å². The number of rotatable bonds is 5. The number of nitrogens with one attached hydrogen (secondary N) is 1. The van der Waals surface area contributed by atoms with E-state index in [1.54, 1.807) is 18.5 Å². The number of ether oxygens (including phenoxy) is 1. The van der Waals surface area contributed by atoms with Gasteiger partial charge in [0, 0.05) is 37.6 Å². The Morgan fingerprint density at radius 1 is 1.30 bits per heavy atom. The lowest BCUT2D eigenvalue weighted by Gasteiger charge is -2.35. The summed E-state index contributed by atoms with van der Waals surface area (Å²) in [7, 11) is 5.76. The maximum atomic E-state index is 13.0. The summed E-state index contributed by atoms with van der Waals surface area (Å²) in [5.74, 6) is 1.02. The van der Waals surface area contributed by atoms with Crippen LogP contribution in [0.3, 0.4) is 0 Å². The summed E-state index contributed by atoms with van der Waals surface area (Å²) in [6, 6.07) is 4.15. The van der Waals surface area contributed by atoms with Crippen molar-refractivity contribution < 1.29 is 9.53 Å². The minimum absolute atomic E-state index is 0.117. The Bertz CT molecular complexity index is 1060. The van der Waals surface area contributed by atoms with Gasteiger partial charge in [-0.1, -0.05) is 0 Å². The molecular weight excluding hydrogens is 384 g/mol. The van der Waals surface area contributed by atoms with E-state index in [2.05, 4.69) is 39.3 Å². The Morgan fingerprint density at radius 2 is 2.07 bits per heavy atom. The van der Waals surface area contributed by atoms with Crippen molar-refractivity contribution in [2.24, 2.45) is 0 Å². The number of methoxy groups -OCH3 is 1. The molecule has 0 aromatic carbocycles. The van der Waals surface area contributed by atoms with Crippen molar-refractivity contribution >= 4 is 28.9 Å². The van der Waals surface area contributed by atoms with Gasteiger partial charge < -0.3 is 25.6 Å². The molecule has 1 aliphatic rings. The van der Waals surface area contributed by atoms with E-state index in [1.165, 1.54) is 17.8 Å². The molecule has 0 bridgehead atoms. The van der Waals surface area contributed by atoms with Crippen LogP contribution in [0.1, 0.15) is 23.2 Å². The highest BCUT2D eigenvalue weighted by Crippen LogP contribution is 2.26. The number of anilines is 3. The highest BCUT2D eigenvalue weighted by Gasteiger charge is 2.24. The Morgan fingerprint density at radius 3 is 2.77 bits per heavy atom. The van der Waals surface area contributed by atoms with Gasteiger partial charge >= 0.3 is 0 Å². The van der Waals surface area contributed by atoms with Crippen LogP contribution in [0.2, 0.25) is 0 Å². The zero-order valence-electron chi connectivity index (χ0n) is 17.4. The number of hydrogen-bond acceptors (Lipinski definition) is 8. The molecule has 0 spiro atoms. The minimum atomic E-state index is -0.412. The molecule has 1 amide bonds. The largest absolute Gasteiger partial charge is 0.494 e. The average Bonchev–Trinajstić information content (AvgIpc) is 3.09. The fourth-order valence-electron chi connectivity index (χ4n) is 3.78. The number of pyridine rings is 1. The molecule has 10 nitrogen and oxygen atoms in total. The average molecular weight is 410 g/mol. The van der Waals surface area contributed by atoms with E-state index in [0.717, 1.165) is 31.7 Å². The van der Waals surface area contributed by atoms with Crippen molar-refractivity contribution in [3.05, 3.63) is 36.3 Å². The van der Waals surface area contributed by atoms with Crippen molar-refractivity contribution in [2.45, 2.75) is 18.9 Å². The van der Waals surface area contributed by atoms with E-state index >= 15 is 0 Å². The molecule has 3 N–H and O–H groups in total. The lowest BCUT2D eigenvalue weighted by Crippen LogP contribution is -2.42. The van der Waals surface area contributed by atoms with Crippen LogP contribution < -0.4 is 20.7 Å². The van der Waals surface area contributed by atoms with Crippen molar-refractivity contribution in [3.8, 4) is 5.75 Å². The third-order valence-electron chi connectivity index (χ3n) is 5.49. The van der Waals surface area contributed by atoms with Gasteiger partial charge in [-0.2, -0.15) is 0 Å². The molecule has 0 atom stereocenters. The molecule has 158 valence electrons. The normalized spacial score (nSPS) is 15.0. The Labute approximate surface area is 174 Å². The molecule has 3 aromatic heterocycles. The summed E-state index contributed by atoms with van der Waals surface area (Å²) in [6.45, 7) is 1.81. The molecule has 0 unspecified atom stereocenters. The van der Waals surface area contributed by atoms with Crippen LogP contribution >= 0.6 is 0 Å². The van der Waals surface area contributed by atoms with Crippen molar-refractivity contribution in [3.63, 3.8) is 0 Å². The van der Waals surface area contributed by atoms with Crippen LogP contribution in [0.5, 0.6) is 5.75 Å². The first-order valence-corrected chi connectivity index (χ1v) is 9.83. The lowest BCUT2D eigenvalue weighted by atomic mass is 10.0. The highest BCUT2D eigenvalue weighted by atomic mass is 16.5. The second kappa shape index (κ2) is 8.15. The zero-order chi connectivity index (χ0) is 21.3. The number of piperidine rings is 1. The number of nitrogens with two attached hydrogens (primary N) is 1. The molecule has 4 heterocycles. The van der Waals surface area contributed by atoms with E-state index in [-0.39, 0.29) is 11.4 Å². The van der Waals surface area contributed by atoms with Crippen LogP contribution in [0.25, 0.3) is 5.65 Å². The molecule has 30 heavy (non-hydrogen) atoms. The third kappa shape index (κ3) is 3.73. The summed E-state index contributed by atoms with van der Waals surface area (Å²) in [4.78, 5) is 26.2. The predicted octanol–water partition coefficient (Wildman–Crippen LogP) is 1.50. The van der Waals surface area contributed by atoms with Gasteiger partial charge in [-0.3, -0.25) is 9.78 Å². The molecule has 3 aromatic rings. The van der Waals surface area contributed by atoms with E-state index in [4.69, 9.17) is 15.5 Å². The fraction of sp³-hybridized carbons (Fsp3) is 0.400. The van der Waals surface area contributed by atoms with Gasteiger partial charge in [-0.25, -0.2) is 9.50 Å². The molecule has 0 saturated carbocycles. The van der Waals surface area contributed by atoms with E-state index < -0.39 is 5.91 Å². The van der Waals surface area contributed by atoms with Gasteiger partial charge in [-0.05, 0) is 33.0 Å². The number of aromatic nitrogens is 4. The van der Waals surface area contributed by atoms with Crippen LogP contribution in [0.4, 0.5) is 17.3 Å². The molecule has 1 aliphatic heterocycles. The molecule has 1 fully saturated rings. The van der Waals surface area contributed by atoms with Gasteiger partial charge in [0.2, 0.25) is 0 Å². The Balaban J connectivity index is 1.62. The molecule has 1 saturated heterocycles. The first kappa shape index (κ1) is 19.9. The highest BCUT2D eigenvalue weighted by molar-refractivity contribution is 6.12. The second-order valence-corrected chi connectivity index (χ2v) is 7.53. The topological polar surface area (TPSA) is 114 Å². The molecule has 0 radical (unpaired) electrons. The molecule has 10 heteroatoms. The summed E-state index contributed by atoms with van der Waals surface area (Å²) in [6.07, 6.45) is 7.02. The van der Waals surface area contributed by atoms with Gasteiger partial charge in [0.15, 0.2) is 11.5 Å². The fourth-order valence-corrected chi connectivity index (χ4v) is 3.78. The number of fused-ring (bicyclic) bond motifs is 1. The number of carbonyl (C=O) groups excluding carboxylic acids is 1. The van der Waals surface area contributed by atoms with E-state index in [9.17, 15) is 4.79 Å². The zero-order valence-corrected chi connectivity index (χ0v) is 17.4. The van der Waals surface area contributed by atoms with Crippen LogP contribution in [0.15, 0.2) is 30.7 Å². The van der Waals surface area contributed by atoms with Gasteiger partial charge in [0.05, 0.1) is 13.3 Å². The molecule has 0 aliphatic carbocycles. The third-order valence-corrected chi connectivity index (χ3v) is 5.49. The number of nitrogen functional groups attached to an aromatic ring is 1. The van der Waals surface area contributed by atoms with Gasteiger partial charge in [0.25, 0.3) is 5.91 Å². The lowest BCUT2D eigenvalue weighted by molar-refractivity contribution is 0.102. The number of carbonyl (C=O) groups is 1. The number of nitrogens with zero attached hydrogens (tertiary/aromatic N) is 6. The summed E-state index contributed by atoms with van der Waals surface area (Å²) in [5, 5.41) is 7.03. The first-order valence-electron chi connectivity index (χ1n) is 9.83. The number of amides is 1. The SMILES string of the molecule is COc1ccncc1NC(=O)c1c(N)nn2ccc(N3CCC(N(C)C)CC3)nc12. The number of hydrogen-bond donors (Lipinski definition) is 2. The van der Waals surface area contributed by atoms with E-state index in [0.29, 0.717) is 23.1 Å². The second-order valence-electron chi connectivity index (χ2n) is 7.53. The quantitative estimate of drug-likeness (QED) is 0.650. The standard InChI is InChI=1S/C20H26N8O2/c1-26(2)13-5-9-27(10-6-13)16-7-11-28-19(24-16)17(18(21)25-28)20(29)23-14-12-22-8-4-15(14)30-3/h4,7-8,11-13H,5-6,9-10H2,1-3H3,(H2,21,25)(H,23,29). The minimum Gasteiger partial charge on any atom is -0.494 e. The Kier molecular flexibility index (Phi) is 5.40. The van der Waals surface area contributed by atoms with Crippen LogP contribution in [-0.2, 0) is 0 Å².